The van der Waals surface area contributed by atoms with Crippen molar-refractivity contribution in [3.63, 3.8) is 0 Å². The first kappa shape index (κ1) is 34.8. The minimum Gasteiger partial charge on any atom is -0.453 e. The van der Waals surface area contributed by atoms with Crippen LogP contribution in [0.4, 0.5) is 9.18 Å². The molecule has 256 valence electrons. The lowest BCUT2D eigenvalue weighted by Crippen LogP contribution is -2.49. The van der Waals surface area contributed by atoms with Crippen LogP contribution in [-0.2, 0) is 20.7 Å². The number of aryl methyl sites for hydroxylation is 1. The third kappa shape index (κ3) is 8.71. The van der Waals surface area contributed by atoms with Gasteiger partial charge in [0.25, 0.3) is 0 Å². The van der Waals surface area contributed by atoms with Gasteiger partial charge in [0.05, 0.1) is 42.6 Å². The number of rotatable bonds is 12. The first-order valence-electron chi connectivity index (χ1n) is 16.2. The number of likely N-dealkylation sites (N-methyl/N-ethyl adjacent to an activating group) is 1. The number of H-pyrrole nitrogens is 2. The van der Waals surface area contributed by atoms with Crippen LogP contribution in [0.15, 0.2) is 54.7 Å². The largest absolute Gasteiger partial charge is 0.453 e. The average molecular weight is 669 g/mol. The Kier molecular flexibility index (Phi) is 11.4. The predicted octanol–water partition coefficient (Wildman–Crippen LogP) is 4.11. The second-order valence-electron chi connectivity index (χ2n) is 12.0. The van der Waals surface area contributed by atoms with E-state index in [4.69, 9.17) is 0 Å². The minimum atomic E-state index is -0.932. The molecular formula is C36H41FN8O4. The van der Waals surface area contributed by atoms with Gasteiger partial charge in [0.1, 0.15) is 23.5 Å². The second kappa shape index (κ2) is 16.1. The van der Waals surface area contributed by atoms with Crippen molar-refractivity contribution in [3.05, 3.63) is 83.3 Å². The number of imidazole rings is 2. The van der Waals surface area contributed by atoms with Gasteiger partial charge in [-0.05, 0) is 81.6 Å². The molecule has 2 aromatic carbocycles. The number of fused-ring (bicyclic) bond motifs is 1. The van der Waals surface area contributed by atoms with Crippen molar-refractivity contribution in [2.24, 2.45) is 0 Å². The van der Waals surface area contributed by atoms with E-state index in [1.807, 2.05) is 18.2 Å². The number of amides is 3. The van der Waals surface area contributed by atoms with Crippen LogP contribution in [0, 0.1) is 17.7 Å². The van der Waals surface area contributed by atoms with Gasteiger partial charge in [-0.25, -0.2) is 19.2 Å². The summed E-state index contributed by atoms with van der Waals surface area (Å²) in [5.41, 5.74) is 4.30. The topological polar surface area (TPSA) is 157 Å². The summed E-state index contributed by atoms with van der Waals surface area (Å²) >= 11 is 0. The van der Waals surface area contributed by atoms with E-state index in [1.165, 1.54) is 13.2 Å². The van der Waals surface area contributed by atoms with Gasteiger partial charge in [-0.15, -0.1) is 0 Å². The van der Waals surface area contributed by atoms with Crippen LogP contribution in [0.25, 0.3) is 22.3 Å². The Labute approximate surface area is 284 Å². The molecule has 1 aliphatic heterocycles. The van der Waals surface area contributed by atoms with Crippen LogP contribution in [0.1, 0.15) is 61.4 Å². The molecule has 2 atom stereocenters. The van der Waals surface area contributed by atoms with Crippen LogP contribution >= 0.6 is 0 Å². The number of methoxy groups -OCH3 is 1. The molecule has 13 heteroatoms. The van der Waals surface area contributed by atoms with Crippen LogP contribution in [0.5, 0.6) is 0 Å². The van der Waals surface area contributed by atoms with Gasteiger partial charge in [-0.1, -0.05) is 18.4 Å². The smallest absolute Gasteiger partial charge is 0.407 e. The number of carbonyl (C=O) groups is 3. The van der Waals surface area contributed by atoms with E-state index in [0.29, 0.717) is 54.3 Å². The number of halogens is 1. The fraction of sp³-hybridized carbons (Fsp3) is 0.361. The molecule has 1 fully saturated rings. The van der Waals surface area contributed by atoms with Crippen molar-refractivity contribution in [3.8, 4) is 23.1 Å². The molecule has 12 nitrogen and oxygen atoms in total. The highest BCUT2D eigenvalue weighted by molar-refractivity contribution is 5.89. The third-order valence-corrected chi connectivity index (χ3v) is 8.28. The average Bonchev–Trinajstić information content (AvgIpc) is 3.85. The van der Waals surface area contributed by atoms with Crippen LogP contribution in [0.2, 0.25) is 0 Å². The molecule has 0 spiro atoms. The molecule has 1 saturated heterocycles. The van der Waals surface area contributed by atoms with E-state index in [-0.39, 0.29) is 17.9 Å². The predicted molar refractivity (Wildman–Crippen MR) is 184 cm³/mol. The number of nitrogens with zero attached hydrogens (tertiary/aromatic N) is 3. The SMILES string of the molecule is C=C(C)C(NC(=O)OC)C(=O)N1CCCC1c1ncc(-c2ccc(C#Cc3ccc4nc(CCCCNC(=O)CNC)[nH]c4c3)cc2F)[nH]1. The highest BCUT2D eigenvalue weighted by Gasteiger charge is 2.36. The number of hydrogen-bond donors (Lipinski definition) is 5. The standard InChI is InChI=1S/C36H41FN8O4/c1-22(2)33(44-36(48)49-4)35(47)45-17-7-8-30(45)34-40-20-29(43-34)25-14-12-23(18-26(25)37)10-11-24-13-15-27-28(19-24)42-31(41-27)9-5-6-16-39-32(46)21-38-3/h12-15,18-20,30,33,38H,1,5-9,16-17,21H2,2-4H3,(H,39,46)(H,40,43)(H,41,42)(H,44,48). The van der Waals surface area contributed by atoms with Gasteiger partial charge in [0.2, 0.25) is 11.8 Å². The lowest BCUT2D eigenvalue weighted by atomic mass is 10.1. The van der Waals surface area contributed by atoms with Crippen LogP contribution < -0.4 is 16.0 Å². The maximum Gasteiger partial charge on any atom is 0.407 e. The normalized spacial score (nSPS) is 14.6. The van der Waals surface area contributed by atoms with Crippen LogP contribution in [0.3, 0.4) is 0 Å². The number of ether oxygens (including phenoxy) is 1. The van der Waals surface area contributed by atoms with Gasteiger partial charge >= 0.3 is 6.09 Å². The van der Waals surface area contributed by atoms with Crippen molar-refractivity contribution in [2.45, 2.75) is 51.1 Å². The number of likely N-dealkylation sites (tertiary alicyclic amines) is 1. The quantitative estimate of drug-likeness (QED) is 0.0864. The zero-order valence-corrected chi connectivity index (χ0v) is 27.9. The van der Waals surface area contributed by atoms with E-state index in [1.54, 1.807) is 37.2 Å². The number of benzene rings is 2. The molecule has 0 saturated carbocycles. The lowest BCUT2D eigenvalue weighted by Gasteiger charge is -2.28. The Morgan fingerprint density at radius 2 is 1.92 bits per heavy atom. The first-order valence-corrected chi connectivity index (χ1v) is 16.2. The zero-order valence-electron chi connectivity index (χ0n) is 27.9. The molecule has 2 aromatic heterocycles. The number of aromatic amines is 2. The molecule has 5 rings (SSSR count). The first-order chi connectivity index (χ1) is 23.7. The van der Waals surface area contributed by atoms with Crippen molar-refractivity contribution >= 4 is 28.9 Å². The molecular weight excluding hydrogens is 627 g/mol. The molecule has 4 aromatic rings. The van der Waals surface area contributed by atoms with E-state index in [9.17, 15) is 14.4 Å². The van der Waals surface area contributed by atoms with E-state index in [2.05, 4.69) is 59.0 Å². The highest BCUT2D eigenvalue weighted by Crippen LogP contribution is 2.33. The van der Waals surface area contributed by atoms with Crippen molar-refractivity contribution in [1.29, 1.82) is 0 Å². The molecule has 3 heterocycles. The monoisotopic (exact) mass is 668 g/mol. The molecule has 3 amide bonds. The zero-order chi connectivity index (χ0) is 34.9. The lowest BCUT2D eigenvalue weighted by molar-refractivity contribution is -0.133. The summed E-state index contributed by atoms with van der Waals surface area (Å²) in [5.74, 6) is 6.79. The summed E-state index contributed by atoms with van der Waals surface area (Å²) in [6.45, 7) is 6.94. The van der Waals surface area contributed by atoms with Gasteiger partial charge in [0.15, 0.2) is 0 Å². The Balaban J connectivity index is 1.22. The van der Waals surface area contributed by atoms with E-state index < -0.39 is 18.0 Å². The van der Waals surface area contributed by atoms with Crippen molar-refractivity contribution in [1.82, 2.24) is 40.8 Å². The fourth-order valence-electron chi connectivity index (χ4n) is 5.78. The number of aromatic nitrogens is 4. The molecule has 0 aliphatic carbocycles. The summed E-state index contributed by atoms with van der Waals surface area (Å²) < 4.78 is 20.0. The Morgan fingerprint density at radius 1 is 1.14 bits per heavy atom. The summed E-state index contributed by atoms with van der Waals surface area (Å²) in [4.78, 5) is 54.1. The van der Waals surface area contributed by atoms with Crippen molar-refractivity contribution in [2.75, 3.05) is 33.8 Å². The second-order valence-corrected chi connectivity index (χ2v) is 12.0. The van der Waals surface area contributed by atoms with E-state index in [0.717, 1.165) is 48.1 Å². The Morgan fingerprint density at radius 3 is 2.65 bits per heavy atom. The highest BCUT2D eigenvalue weighted by atomic mass is 19.1. The van der Waals surface area contributed by atoms with Gasteiger partial charge in [0, 0.05) is 36.2 Å². The Hall–Kier alpha value is -5.48. The molecule has 5 N–H and O–H groups in total. The van der Waals surface area contributed by atoms with Gasteiger partial charge in [-0.2, -0.15) is 0 Å². The molecule has 1 aliphatic rings. The van der Waals surface area contributed by atoms with Gasteiger partial charge < -0.3 is 35.6 Å². The number of hydrogen-bond acceptors (Lipinski definition) is 7. The number of alkyl carbamates (subject to hydrolysis) is 1. The summed E-state index contributed by atoms with van der Waals surface area (Å²) in [7, 11) is 2.97. The summed E-state index contributed by atoms with van der Waals surface area (Å²) in [5, 5.41) is 8.24. The number of nitrogens with one attached hydrogen (secondary N) is 5. The summed E-state index contributed by atoms with van der Waals surface area (Å²) in [6, 6.07) is 9.22. The van der Waals surface area contributed by atoms with Crippen molar-refractivity contribution < 1.29 is 23.5 Å². The maximum absolute atomic E-state index is 15.4. The number of unbranched alkanes of at least 4 members (excludes halogenated alkanes) is 1. The number of carbonyl (C=O) groups excluding carboxylic acids is 3. The Bertz CT molecular complexity index is 1910. The van der Waals surface area contributed by atoms with Crippen LogP contribution in [-0.4, -0.2) is 82.6 Å². The molecule has 49 heavy (non-hydrogen) atoms. The fourth-order valence-corrected chi connectivity index (χ4v) is 5.78. The van der Waals surface area contributed by atoms with Gasteiger partial charge in [-0.3, -0.25) is 9.59 Å². The molecule has 0 radical (unpaired) electrons. The molecule has 0 bridgehead atoms. The summed E-state index contributed by atoms with van der Waals surface area (Å²) in [6.07, 6.45) is 4.76. The van der Waals surface area contributed by atoms with E-state index >= 15 is 4.39 Å². The minimum absolute atomic E-state index is 0.0150. The maximum atomic E-state index is 15.4. The molecule has 2 unspecified atom stereocenters. The third-order valence-electron chi connectivity index (χ3n) is 8.28.